The number of benzene rings is 1. The quantitative estimate of drug-likeness (QED) is 0.874. The maximum absolute atomic E-state index is 6.37. The number of hydrogen-bond acceptors (Lipinski definition) is 2. The topological polar surface area (TPSA) is 26.0 Å². The largest absolute Gasteiger partial charge is 0.317 e. The molecule has 0 amide bonds. The van der Waals surface area contributed by atoms with E-state index in [9.17, 15) is 0 Å². The molecule has 0 saturated carbocycles. The molecule has 1 nitrogen and oxygen atoms in total. The van der Waals surface area contributed by atoms with Crippen LogP contribution in [0.1, 0.15) is 17.4 Å². The van der Waals surface area contributed by atoms with Gasteiger partial charge in [-0.1, -0.05) is 39.7 Å². The standard InChI is InChI=1S/C12H11BrClNS/c1-12(15,10-5-6-11(14)16-10)8-3-2-4-9(13)7-8/h2-7H,15H2,1H3. The molecule has 2 N–H and O–H groups in total. The van der Waals surface area contributed by atoms with Crippen LogP contribution in [-0.4, -0.2) is 0 Å². The van der Waals surface area contributed by atoms with E-state index in [-0.39, 0.29) is 0 Å². The van der Waals surface area contributed by atoms with Crippen LogP contribution in [0.5, 0.6) is 0 Å². The second kappa shape index (κ2) is 4.49. The first-order valence-corrected chi connectivity index (χ1v) is 6.79. The van der Waals surface area contributed by atoms with E-state index in [1.54, 1.807) is 0 Å². The second-order valence-corrected chi connectivity index (χ2v) is 6.45. The van der Waals surface area contributed by atoms with Crippen LogP contribution >= 0.6 is 38.9 Å². The Morgan fingerprint density at radius 2 is 2.06 bits per heavy atom. The van der Waals surface area contributed by atoms with Crippen molar-refractivity contribution < 1.29 is 0 Å². The number of thiophene rings is 1. The van der Waals surface area contributed by atoms with Gasteiger partial charge in [-0.3, -0.25) is 0 Å². The van der Waals surface area contributed by atoms with Gasteiger partial charge in [-0.2, -0.15) is 0 Å². The van der Waals surface area contributed by atoms with Gasteiger partial charge in [0.2, 0.25) is 0 Å². The lowest BCUT2D eigenvalue weighted by Crippen LogP contribution is -2.33. The Hall–Kier alpha value is -0.350. The summed E-state index contributed by atoms with van der Waals surface area (Å²) in [5.74, 6) is 0. The first-order chi connectivity index (χ1) is 7.50. The molecule has 1 atom stereocenters. The maximum atomic E-state index is 6.37. The average Bonchev–Trinajstić information content (AvgIpc) is 2.65. The minimum Gasteiger partial charge on any atom is -0.317 e. The monoisotopic (exact) mass is 315 g/mol. The predicted molar refractivity (Wildman–Crippen MR) is 74.1 cm³/mol. The van der Waals surface area contributed by atoms with Crippen molar-refractivity contribution in [1.82, 2.24) is 0 Å². The first-order valence-electron chi connectivity index (χ1n) is 4.81. The summed E-state index contributed by atoms with van der Waals surface area (Å²) in [5.41, 5.74) is 6.94. The molecule has 84 valence electrons. The zero-order valence-corrected chi connectivity index (χ0v) is 11.9. The summed E-state index contributed by atoms with van der Waals surface area (Å²) < 4.78 is 1.80. The van der Waals surface area contributed by atoms with Crippen LogP contribution in [0.2, 0.25) is 4.34 Å². The fraction of sp³-hybridized carbons (Fsp3) is 0.167. The minimum absolute atomic E-state index is 0.498. The molecule has 16 heavy (non-hydrogen) atoms. The third kappa shape index (κ3) is 2.33. The lowest BCUT2D eigenvalue weighted by molar-refractivity contribution is 0.616. The van der Waals surface area contributed by atoms with E-state index in [0.29, 0.717) is 0 Å². The summed E-state index contributed by atoms with van der Waals surface area (Å²) in [4.78, 5) is 1.07. The first kappa shape index (κ1) is 12.1. The van der Waals surface area contributed by atoms with Gasteiger partial charge in [-0.25, -0.2) is 0 Å². The second-order valence-electron chi connectivity index (χ2n) is 3.82. The van der Waals surface area contributed by atoms with Crippen molar-refractivity contribution in [1.29, 1.82) is 0 Å². The van der Waals surface area contributed by atoms with Crippen molar-refractivity contribution >= 4 is 38.9 Å². The molecular formula is C12H11BrClNS. The van der Waals surface area contributed by atoms with E-state index in [0.717, 1.165) is 19.2 Å². The smallest absolute Gasteiger partial charge is 0.0932 e. The molecule has 0 radical (unpaired) electrons. The molecule has 1 heterocycles. The third-order valence-corrected chi connectivity index (χ3v) is 4.47. The molecule has 1 aromatic carbocycles. The minimum atomic E-state index is -0.498. The molecular weight excluding hydrogens is 306 g/mol. The van der Waals surface area contributed by atoms with Gasteiger partial charge in [0.05, 0.1) is 9.88 Å². The average molecular weight is 317 g/mol. The van der Waals surface area contributed by atoms with Gasteiger partial charge >= 0.3 is 0 Å². The molecule has 1 unspecified atom stereocenters. The third-order valence-electron chi connectivity index (χ3n) is 2.51. The predicted octanol–water partition coefficient (Wildman–Crippen LogP) is 4.39. The van der Waals surface area contributed by atoms with E-state index in [4.69, 9.17) is 17.3 Å². The van der Waals surface area contributed by atoms with Gasteiger partial charge in [0.1, 0.15) is 0 Å². The van der Waals surface area contributed by atoms with E-state index < -0.39 is 5.54 Å². The van der Waals surface area contributed by atoms with Crippen LogP contribution in [-0.2, 0) is 5.54 Å². The summed E-state index contributed by atoms with van der Waals surface area (Å²) >= 11 is 10.9. The zero-order valence-electron chi connectivity index (χ0n) is 8.71. The van der Waals surface area contributed by atoms with Gasteiger partial charge in [-0.15, -0.1) is 11.3 Å². The molecule has 0 bridgehead atoms. The Morgan fingerprint density at radius 3 is 2.62 bits per heavy atom. The van der Waals surface area contributed by atoms with Crippen molar-refractivity contribution in [3.05, 3.63) is 55.6 Å². The van der Waals surface area contributed by atoms with Crippen molar-refractivity contribution in [3.8, 4) is 0 Å². The highest BCUT2D eigenvalue weighted by molar-refractivity contribution is 9.10. The number of rotatable bonds is 2. The summed E-state index contributed by atoms with van der Waals surface area (Å²) in [7, 11) is 0. The Morgan fingerprint density at radius 1 is 1.31 bits per heavy atom. The van der Waals surface area contributed by atoms with Crippen molar-refractivity contribution in [2.45, 2.75) is 12.5 Å². The molecule has 0 saturated heterocycles. The van der Waals surface area contributed by atoms with Gasteiger partial charge in [0, 0.05) is 9.35 Å². The number of nitrogens with two attached hydrogens (primary N) is 1. The molecule has 4 heteroatoms. The highest BCUT2D eigenvalue weighted by Crippen LogP contribution is 2.34. The van der Waals surface area contributed by atoms with Gasteiger partial charge in [0.15, 0.2) is 0 Å². The summed E-state index contributed by atoms with van der Waals surface area (Å²) in [6, 6.07) is 11.9. The molecule has 0 aliphatic heterocycles. The Kier molecular flexibility index (Phi) is 3.40. The molecule has 0 aliphatic rings. The molecule has 0 aliphatic carbocycles. The SMILES string of the molecule is CC(N)(c1cccc(Br)c1)c1ccc(Cl)s1. The van der Waals surface area contributed by atoms with Gasteiger partial charge in [0.25, 0.3) is 0 Å². The highest BCUT2D eigenvalue weighted by atomic mass is 79.9. The Balaban J connectivity index is 2.46. The fourth-order valence-corrected chi connectivity index (χ4v) is 3.07. The molecule has 0 fully saturated rings. The van der Waals surface area contributed by atoms with Crippen LogP contribution in [0.3, 0.4) is 0 Å². The van der Waals surface area contributed by atoms with E-state index in [1.165, 1.54) is 11.3 Å². The van der Waals surface area contributed by atoms with Crippen molar-refractivity contribution in [2.75, 3.05) is 0 Å². The Bertz CT molecular complexity index is 507. The highest BCUT2D eigenvalue weighted by Gasteiger charge is 2.25. The van der Waals surface area contributed by atoms with Crippen LogP contribution < -0.4 is 5.73 Å². The molecule has 2 aromatic rings. The Labute approximate surface area is 112 Å². The van der Waals surface area contributed by atoms with E-state index in [2.05, 4.69) is 15.9 Å². The lowest BCUT2D eigenvalue weighted by Gasteiger charge is -2.24. The van der Waals surface area contributed by atoms with Crippen LogP contribution in [0.25, 0.3) is 0 Å². The molecule has 2 rings (SSSR count). The zero-order chi connectivity index (χ0) is 11.8. The van der Waals surface area contributed by atoms with Gasteiger partial charge < -0.3 is 5.73 Å². The molecule has 1 aromatic heterocycles. The summed E-state index contributed by atoms with van der Waals surface area (Å²) in [6.45, 7) is 2.00. The maximum Gasteiger partial charge on any atom is 0.0932 e. The van der Waals surface area contributed by atoms with E-state index in [1.807, 2.05) is 43.3 Å². The van der Waals surface area contributed by atoms with Crippen molar-refractivity contribution in [2.24, 2.45) is 5.73 Å². The summed E-state index contributed by atoms with van der Waals surface area (Å²) in [6.07, 6.45) is 0. The summed E-state index contributed by atoms with van der Waals surface area (Å²) in [5, 5.41) is 0. The van der Waals surface area contributed by atoms with Gasteiger partial charge in [-0.05, 0) is 36.8 Å². The lowest BCUT2D eigenvalue weighted by atomic mass is 9.92. The van der Waals surface area contributed by atoms with Crippen LogP contribution in [0.15, 0.2) is 40.9 Å². The van der Waals surface area contributed by atoms with Crippen LogP contribution in [0.4, 0.5) is 0 Å². The fourth-order valence-electron chi connectivity index (χ4n) is 1.55. The van der Waals surface area contributed by atoms with Crippen molar-refractivity contribution in [3.63, 3.8) is 0 Å². The molecule has 0 spiro atoms. The number of hydrogen-bond donors (Lipinski definition) is 1. The van der Waals surface area contributed by atoms with Crippen LogP contribution in [0, 0.1) is 0 Å². The number of halogens is 2. The van der Waals surface area contributed by atoms with E-state index >= 15 is 0 Å². The normalized spacial score (nSPS) is 14.8.